The molecule has 4 heteroatoms. The second-order valence-electron chi connectivity index (χ2n) is 4.67. The molecule has 21 heavy (non-hydrogen) atoms. The molecule has 4 nitrogen and oxygen atoms in total. The summed E-state index contributed by atoms with van der Waals surface area (Å²) in [5.74, 6) is -0.383. The average Bonchev–Trinajstić information content (AvgIpc) is 2.97. The maximum absolute atomic E-state index is 11.5. The van der Waals surface area contributed by atoms with Crippen molar-refractivity contribution in [3.05, 3.63) is 59.8 Å². The van der Waals surface area contributed by atoms with E-state index in [1.807, 2.05) is 30.3 Å². The molecule has 0 amide bonds. The van der Waals surface area contributed by atoms with Crippen molar-refractivity contribution in [3.8, 4) is 17.2 Å². The van der Waals surface area contributed by atoms with Crippen LogP contribution in [-0.2, 0) is 4.74 Å². The first kappa shape index (κ1) is 12.9. The molecule has 0 saturated heterocycles. The van der Waals surface area contributed by atoms with E-state index in [0.29, 0.717) is 11.3 Å². The molecule has 0 aliphatic rings. The van der Waals surface area contributed by atoms with Crippen molar-refractivity contribution in [2.24, 2.45) is 0 Å². The van der Waals surface area contributed by atoms with E-state index in [1.54, 1.807) is 18.2 Å². The van der Waals surface area contributed by atoms with Crippen LogP contribution in [0.2, 0.25) is 0 Å². The number of ether oxygens (including phenoxy) is 1. The predicted molar refractivity (Wildman–Crippen MR) is 79.8 cm³/mol. The summed E-state index contributed by atoms with van der Waals surface area (Å²) in [6.45, 7) is 0. The third kappa shape index (κ3) is 2.37. The van der Waals surface area contributed by atoms with E-state index in [1.165, 1.54) is 7.11 Å². The summed E-state index contributed by atoms with van der Waals surface area (Å²) in [6, 6.07) is 17.2. The zero-order valence-electron chi connectivity index (χ0n) is 11.4. The number of hydrogen-bond acceptors (Lipinski definition) is 3. The van der Waals surface area contributed by atoms with Crippen molar-refractivity contribution in [2.75, 3.05) is 7.11 Å². The molecule has 1 aromatic heterocycles. The van der Waals surface area contributed by atoms with Crippen LogP contribution in [0.25, 0.3) is 22.0 Å². The lowest BCUT2D eigenvalue weighted by Gasteiger charge is -2.02. The Balaban J connectivity index is 2.03. The molecule has 1 heterocycles. The summed E-state index contributed by atoms with van der Waals surface area (Å²) >= 11 is 0. The van der Waals surface area contributed by atoms with Gasteiger partial charge in [-0.3, -0.25) is 0 Å². The highest BCUT2D eigenvalue weighted by Gasteiger charge is 2.10. The van der Waals surface area contributed by atoms with Crippen LogP contribution in [0.4, 0.5) is 0 Å². The first-order valence-electron chi connectivity index (χ1n) is 6.43. The fourth-order valence-corrected chi connectivity index (χ4v) is 2.26. The van der Waals surface area contributed by atoms with E-state index < -0.39 is 0 Å². The Morgan fingerprint density at radius 3 is 2.48 bits per heavy atom. The molecular formula is C17H12N2O2. The maximum atomic E-state index is 11.5. The van der Waals surface area contributed by atoms with E-state index in [2.05, 4.69) is 11.1 Å². The molecule has 0 bridgehead atoms. The minimum atomic E-state index is -0.383. The van der Waals surface area contributed by atoms with Gasteiger partial charge in [-0.25, -0.2) is 4.79 Å². The molecular weight excluding hydrogens is 264 g/mol. The van der Waals surface area contributed by atoms with Gasteiger partial charge in [0.25, 0.3) is 0 Å². The number of nitrogens with one attached hydrogen (secondary N) is 1. The first-order valence-corrected chi connectivity index (χ1v) is 6.43. The summed E-state index contributed by atoms with van der Waals surface area (Å²) in [4.78, 5) is 14.6. The molecule has 0 atom stereocenters. The molecule has 3 rings (SSSR count). The van der Waals surface area contributed by atoms with Crippen LogP contribution in [0.1, 0.15) is 16.1 Å². The number of H-pyrrole nitrogens is 1. The second kappa shape index (κ2) is 5.14. The molecule has 0 radical (unpaired) electrons. The van der Waals surface area contributed by atoms with E-state index in [0.717, 1.165) is 22.0 Å². The van der Waals surface area contributed by atoms with E-state index >= 15 is 0 Å². The molecule has 1 N–H and O–H groups in total. The zero-order chi connectivity index (χ0) is 14.8. The highest BCUT2D eigenvalue weighted by atomic mass is 16.5. The number of rotatable bonds is 2. The van der Waals surface area contributed by atoms with Crippen LogP contribution in [-0.4, -0.2) is 18.1 Å². The van der Waals surface area contributed by atoms with Crippen molar-refractivity contribution in [1.29, 1.82) is 5.26 Å². The van der Waals surface area contributed by atoms with Gasteiger partial charge in [-0.15, -0.1) is 0 Å². The Kier molecular flexibility index (Phi) is 3.17. The highest BCUT2D eigenvalue weighted by molar-refractivity contribution is 5.96. The number of carbonyl (C=O) groups is 1. The van der Waals surface area contributed by atoms with Crippen LogP contribution in [0, 0.1) is 11.3 Å². The van der Waals surface area contributed by atoms with Crippen molar-refractivity contribution in [2.45, 2.75) is 0 Å². The van der Waals surface area contributed by atoms with Gasteiger partial charge in [0.2, 0.25) is 0 Å². The summed E-state index contributed by atoms with van der Waals surface area (Å²) in [5.41, 5.74) is 3.98. The van der Waals surface area contributed by atoms with Gasteiger partial charge < -0.3 is 9.72 Å². The summed E-state index contributed by atoms with van der Waals surface area (Å²) in [7, 11) is 1.36. The third-order valence-electron chi connectivity index (χ3n) is 3.38. The fraction of sp³-hybridized carbons (Fsp3) is 0.0588. The molecule has 0 aliphatic heterocycles. The molecule has 3 aromatic rings. The first-order chi connectivity index (χ1) is 10.2. The summed E-state index contributed by atoms with van der Waals surface area (Å²) < 4.78 is 4.71. The number of esters is 1. The number of nitrogens with zero attached hydrogens (tertiary/aromatic N) is 1. The van der Waals surface area contributed by atoms with Crippen molar-refractivity contribution >= 4 is 16.9 Å². The number of hydrogen-bond donors (Lipinski definition) is 1. The number of nitriles is 1. The summed E-state index contributed by atoms with van der Waals surface area (Å²) in [5, 5.41) is 9.77. The lowest BCUT2D eigenvalue weighted by molar-refractivity contribution is 0.0595. The topological polar surface area (TPSA) is 65.9 Å². The fourth-order valence-electron chi connectivity index (χ4n) is 2.26. The van der Waals surface area contributed by atoms with E-state index in [4.69, 9.17) is 10.00 Å². The number of aromatic nitrogens is 1. The van der Waals surface area contributed by atoms with Crippen LogP contribution in [0.3, 0.4) is 0 Å². The monoisotopic (exact) mass is 276 g/mol. The Morgan fingerprint density at radius 1 is 1.10 bits per heavy atom. The lowest BCUT2D eigenvalue weighted by Crippen LogP contribution is -2.00. The lowest BCUT2D eigenvalue weighted by atomic mass is 10.0. The van der Waals surface area contributed by atoms with E-state index in [9.17, 15) is 4.79 Å². The number of fused-ring (bicyclic) bond motifs is 1. The molecule has 2 aromatic carbocycles. The van der Waals surface area contributed by atoms with Gasteiger partial charge in [-0.2, -0.15) is 5.26 Å². The van der Waals surface area contributed by atoms with Gasteiger partial charge in [-0.05, 0) is 35.4 Å². The summed E-state index contributed by atoms with van der Waals surface area (Å²) in [6.07, 6.45) is 0. The average molecular weight is 276 g/mol. The van der Waals surface area contributed by atoms with Gasteiger partial charge in [0.05, 0.1) is 18.7 Å². The van der Waals surface area contributed by atoms with Gasteiger partial charge in [0, 0.05) is 10.9 Å². The van der Waals surface area contributed by atoms with Gasteiger partial charge in [0.15, 0.2) is 0 Å². The number of methoxy groups -OCH3 is 1. The molecule has 0 unspecified atom stereocenters. The quantitative estimate of drug-likeness (QED) is 0.728. The SMILES string of the molecule is COC(=O)c1cc2ccc(-c3ccc(C#N)cc3)cc2[nH]1. The Labute approximate surface area is 121 Å². The minimum absolute atomic E-state index is 0.383. The van der Waals surface area contributed by atoms with Gasteiger partial charge in [0.1, 0.15) is 5.69 Å². The minimum Gasteiger partial charge on any atom is -0.464 e. The smallest absolute Gasteiger partial charge is 0.354 e. The Bertz CT molecular complexity index is 855. The number of aromatic amines is 1. The zero-order valence-corrected chi connectivity index (χ0v) is 11.4. The van der Waals surface area contributed by atoms with Crippen molar-refractivity contribution in [3.63, 3.8) is 0 Å². The van der Waals surface area contributed by atoms with Crippen LogP contribution in [0.5, 0.6) is 0 Å². The van der Waals surface area contributed by atoms with Crippen molar-refractivity contribution < 1.29 is 9.53 Å². The molecule has 0 aliphatic carbocycles. The van der Waals surface area contributed by atoms with Crippen LogP contribution >= 0.6 is 0 Å². The second-order valence-corrected chi connectivity index (χ2v) is 4.67. The molecule has 0 saturated carbocycles. The van der Waals surface area contributed by atoms with Gasteiger partial charge >= 0.3 is 5.97 Å². The number of carbonyl (C=O) groups excluding carboxylic acids is 1. The number of benzene rings is 2. The third-order valence-corrected chi connectivity index (χ3v) is 3.38. The normalized spacial score (nSPS) is 10.3. The van der Waals surface area contributed by atoms with Crippen LogP contribution < -0.4 is 0 Å². The van der Waals surface area contributed by atoms with Crippen LogP contribution in [0.15, 0.2) is 48.5 Å². The predicted octanol–water partition coefficient (Wildman–Crippen LogP) is 3.49. The van der Waals surface area contributed by atoms with Gasteiger partial charge in [-0.1, -0.05) is 24.3 Å². The highest BCUT2D eigenvalue weighted by Crippen LogP contribution is 2.25. The van der Waals surface area contributed by atoms with Crippen molar-refractivity contribution in [1.82, 2.24) is 4.98 Å². The molecule has 0 fully saturated rings. The van der Waals surface area contributed by atoms with E-state index in [-0.39, 0.29) is 5.97 Å². The molecule has 0 spiro atoms. The Hall–Kier alpha value is -3.06. The largest absolute Gasteiger partial charge is 0.464 e. The Morgan fingerprint density at radius 2 is 1.81 bits per heavy atom. The maximum Gasteiger partial charge on any atom is 0.354 e. The molecule has 102 valence electrons. The standard InChI is InChI=1S/C17H12N2O2/c1-21-17(20)16-9-14-7-6-13(8-15(14)19-16)12-4-2-11(10-18)3-5-12/h2-9,19H,1H3.